The van der Waals surface area contributed by atoms with Gasteiger partial charge in [0.25, 0.3) is 10.0 Å². The first-order valence-corrected chi connectivity index (χ1v) is 8.62. The van der Waals surface area contributed by atoms with E-state index < -0.39 is 16.6 Å². The van der Waals surface area contributed by atoms with Crippen LogP contribution in [0.1, 0.15) is 12.5 Å². The molecule has 0 saturated heterocycles. The van der Waals surface area contributed by atoms with Crippen molar-refractivity contribution in [1.29, 1.82) is 0 Å². The second-order valence-corrected chi connectivity index (χ2v) is 6.79. The largest absolute Gasteiger partial charge is 0.433 e. The van der Waals surface area contributed by atoms with Crippen LogP contribution < -0.4 is 14.8 Å². The van der Waals surface area contributed by atoms with Crippen LogP contribution in [-0.4, -0.2) is 20.9 Å². The number of halogens is 2. The highest BCUT2D eigenvalue weighted by Gasteiger charge is 2.20. The SMILES string of the molecule is CC(=O)Nc1ccc(C)c(S(=O)(=O)Nc2ccccc2OC(F)F)c1. The molecule has 0 fully saturated rings. The summed E-state index contributed by atoms with van der Waals surface area (Å²) in [6.45, 7) is -0.215. The third kappa shape index (κ3) is 4.90. The minimum Gasteiger partial charge on any atom is -0.433 e. The van der Waals surface area contributed by atoms with Gasteiger partial charge in [0, 0.05) is 12.6 Å². The molecule has 0 aliphatic rings. The van der Waals surface area contributed by atoms with E-state index in [-0.39, 0.29) is 22.2 Å². The van der Waals surface area contributed by atoms with Crippen LogP contribution in [0.5, 0.6) is 5.75 Å². The van der Waals surface area contributed by atoms with E-state index in [0.717, 1.165) is 0 Å². The lowest BCUT2D eigenvalue weighted by Gasteiger charge is -2.15. The van der Waals surface area contributed by atoms with Gasteiger partial charge in [0.15, 0.2) is 0 Å². The summed E-state index contributed by atoms with van der Waals surface area (Å²) >= 11 is 0. The van der Waals surface area contributed by atoms with Gasteiger partial charge in [-0.25, -0.2) is 8.42 Å². The third-order valence-corrected chi connectivity index (χ3v) is 4.65. The van der Waals surface area contributed by atoms with Crippen LogP contribution in [0, 0.1) is 6.92 Å². The Kier molecular flexibility index (Phi) is 5.58. The van der Waals surface area contributed by atoms with Crippen LogP contribution in [0.3, 0.4) is 0 Å². The fourth-order valence-electron chi connectivity index (χ4n) is 2.12. The molecule has 0 spiro atoms. The van der Waals surface area contributed by atoms with Crippen LogP contribution in [0.4, 0.5) is 20.2 Å². The molecule has 0 bridgehead atoms. The maximum Gasteiger partial charge on any atom is 0.387 e. The van der Waals surface area contributed by atoms with Gasteiger partial charge in [0.05, 0.1) is 10.6 Å². The average Bonchev–Trinajstić information content (AvgIpc) is 2.50. The van der Waals surface area contributed by atoms with Crippen molar-refractivity contribution in [3.8, 4) is 5.75 Å². The van der Waals surface area contributed by atoms with Gasteiger partial charge in [-0.2, -0.15) is 8.78 Å². The first-order chi connectivity index (χ1) is 11.7. The second-order valence-electron chi connectivity index (χ2n) is 5.14. The van der Waals surface area contributed by atoms with Crippen LogP contribution in [-0.2, 0) is 14.8 Å². The zero-order chi connectivity index (χ0) is 18.6. The number of nitrogens with one attached hydrogen (secondary N) is 2. The Bertz CT molecular complexity index is 885. The molecule has 0 unspecified atom stereocenters. The van der Waals surface area contributed by atoms with E-state index >= 15 is 0 Å². The van der Waals surface area contributed by atoms with Gasteiger partial charge in [-0.3, -0.25) is 9.52 Å². The van der Waals surface area contributed by atoms with E-state index in [2.05, 4.69) is 14.8 Å². The van der Waals surface area contributed by atoms with Crippen LogP contribution >= 0.6 is 0 Å². The predicted octanol–water partition coefficient (Wildman–Crippen LogP) is 3.36. The molecule has 0 aromatic heterocycles. The number of amides is 1. The van der Waals surface area contributed by atoms with Gasteiger partial charge in [-0.1, -0.05) is 18.2 Å². The van der Waals surface area contributed by atoms with Crippen molar-refractivity contribution in [1.82, 2.24) is 0 Å². The molecule has 0 radical (unpaired) electrons. The molecule has 6 nitrogen and oxygen atoms in total. The fourth-order valence-corrected chi connectivity index (χ4v) is 3.46. The highest BCUT2D eigenvalue weighted by molar-refractivity contribution is 7.92. The summed E-state index contributed by atoms with van der Waals surface area (Å²) in [5, 5.41) is 2.49. The summed E-state index contributed by atoms with van der Waals surface area (Å²) < 4.78 is 56.7. The zero-order valence-corrected chi connectivity index (χ0v) is 14.2. The van der Waals surface area contributed by atoms with Crippen LogP contribution in [0.2, 0.25) is 0 Å². The van der Waals surface area contributed by atoms with E-state index in [1.54, 1.807) is 13.0 Å². The van der Waals surface area contributed by atoms with E-state index in [4.69, 9.17) is 0 Å². The normalized spacial score (nSPS) is 11.2. The Morgan fingerprint density at radius 1 is 1.16 bits per heavy atom. The highest BCUT2D eigenvalue weighted by atomic mass is 32.2. The number of ether oxygens (including phenoxy) is 1. The molecule has 2 aromatic rings. The molecular weight excluding hydrogens is 354 g/mol. The lowest BCUT2D eigenvalue weighted by atomic mass is 10.2. The Balaban J connectivity index is 2.39. The number of sulfonamides is 1. The summed E-state index contributed by atoms with van der Waals surface area (Å²) in [6, 6.07) is 9.84. The quantitative estimate of drug-likeness (QED) is 0.817. The monoisotopic (exact) mass is 370 g/mol. The molecule has 25 heavy (non-hydrogen) atoms. The van der Waals surface area contributed by atoms with Crippen molar-refractivity contribution in [2.75, 3.05) is 10.0 Å². The summed E-state index contributed by atoms with van der Waals surface area (Å²) in [5.41, 5.74) is 0.608. The Hall–Kier alpha value is -2.68. The minimum absolute atomic E-state index is 0.0920. The molecule has 134 valence electrons. The number of carbonyl (C=O) groups is 1. The van der Waals surface area contributed by atoms with Gasteiger partial charge in [-0.15, -0.1) is 0 Å². The van der Waals surface area contributed by atoms with E-state index in [9.17, 15) is 22.0 Å². The van der Waals surface area contributed by atoms with Crippen molar-refractivity contribution in [3.63, 3.8) is 0 Å². The zero-order valence-electron chi connectivity index (χ0n) is 13.4. The van der Waals surface area contributed by atoms with Crippen LogP contribution in [0.15, 0.2) is 47.4 Å². The van der Waals surface area contributed by atoms with Gasteiger partial charge in [0.1, 0.15) is 5.75 Å². The van der Waals surface area contributed by atoms with Crippen molar-refractivity contribution in [3.05, 3.63) is 48.0 Å². The van der Waals surface area contributed by atoms with Gasteiger partial charge in [-0.05, 0) is 36.8 Å². The van der Waals surface area contributed by atoms with E-state index in [1.165, 1.54) is 43.3 Å². The Morgan fingerprint density at radius 3 is 2.48 bits per heavy atom. The molecule has 1 amide bonds. The number of hydrogen-bond acceptors (Lipinski definition) is 4. The summed E-state index contributed by atoms with van der Waals surface area (Å²) in [4.78, 5) is 11.0. The fraction of sp³-hybridized carbons (Fsp3) is 0.188. The molecule has 2 N–H and O–H groups in total. The number of alkyl halides is 2. The smallest absolute Gasteiger partial charge is 0.387 e. The maximum atomic E-state index is 12.6. The number of aryl methyl sites for hydroxylation is 1. The number of anilines is 2. The number of hydrogen-bond donors (Lipinski definition) is 2. The predicted molar refractivity (Wildman–Crippen MR) is 89.4 cm³/mol. The van der Waals surface area contributed by atoms with Crippen molar-refractivity contribution in [2.45, 2.75) is 25.4 Å². The van der Waals surface area contributed by atoms with Gasteiger partial charge in [0.2, 0.25) is 5.91 Å². The van der Waals surface area contributed by atoms with Crippen molar-refractivity contribution in [2.24, 2.45) is 0 Å². The lowest BCUT2D eigenvalue weighted by Crippen LogP contribution is -2.16. The van der Waals surface area contributed by atoms with Gasteiger partial charge < -0.3 is 10.1 Å². The van der Waals surface area contributed by atoms with E-state index in [0.29, 0.717) is 11.3 Å². The first-order valence-electron chi connectivity index (χ1n) is 7.14. The summed E-state index contributed by atoms with van der Waals surface area (Å²) in [5.74, 6) is -0.646. The minimum atomic E-state index is -4.09. The second kappa shape index (κ2) is 7.47. The maximum absolute atomic E-state index is 12.6. The molecule has 9 heteroatoms. The highest BCUT2D eigenvalue weighted by Crippen LogP contribution is 2.29. The van der Waals surface area contributed by atoms with Crippen LogP contribution in [0.25, 0.3) is 0 Å². The molecular formula is C16H16F2N2O4S. The summed E-state index contributed by atoms with van der Waals surface area (Å²) in [6.07, 6.45) is 0. The molecule has 0 heterocycles. The number of benzene rings is 2. The molecule has 0 saturated carbocycles. The third-order valence-electron chi connectivity index (χ3n) is 3.15. The average molecular weight is 370 g/mol. The summed E-state index contributed by atoms with van der Waals surface area (Å²) in [7, 11) is -4.09. The van der Waals surface area contributed by atoms with Gasteiger partial charge >= 0.3 is 6.61 Å². The molecule has 0 aliphatic heterocycles. The lowest BCUT2D eigenvalue weighted by molar-refractivity contribution is -0.114. The molecule has 0 atom stereocenters. The number of rotatable bonds is 6. The Morgan fingerprint density at radius 2 is 1.84 bits per heavy atom. The standard InChI is InChI=1S/C16H16F2N2O4S/c1-10-7-8-12(19-11(2)21)9-15(10)25(22,23)20-13-5-3-4-6-14(13)24-16(17)18/h3-9,16,20H,1-2H3,(H,19,21). The van der Waals surface area contributed by atoms with Crippen molar-refractivity contribution >= 4 is 27.3 Å². The number of carbonyl (C=O) groups excluding carboxylic acids is 1. The Labute approximate surface area is 143 Å². The van der Waals surface area contributed by atoms with E-state index in [1.807, 2.05) is 0 Å². The molecule has 0 aliphatic carbocycles. The first kappa shape index (κ1) is 18.7. The van der Waals surface area contributed by atoms with Crippen molar-refractivity contribution < 1.29 is 26.7 Å². The number of para-hydroxylation sites is 2. The topological polar surface area (TPSA) is 84.5 Å². The molecule has 2 aromatic carbocycles. The molecule has 2 rings (SSSR count).